The Morgan fingerprint density at radius 3 is 2.74 bits per heavy atom. The Morgan fingerprint density at radius 1 is 1.22 bits per heavy atom. The fourth-order valence-electron chi connectivity index (χ4n) is 2.94. The van der Waals surface area contributed by atoms with Crippen molar-refractivity contribution >= 4 is 11.7 Å². The number of hydrogen-bond acceptors (Lipinski definition) is 4. The average Bonchev–Trinajstić information content (AvgIpc) is 3.11. The molecule has 23 heavy (non-hydrogen) atoms. The summed E-state index contributed by atoms with van der Waals surface area (Å²) in [6.45, 7) is 2.43. The third-order valence-electron chi connectivity index (χ3n) is 4.19. The van der Waals surface area contributed by atoms with Gasteiger partial charge in [-0.25, -0.2) is 9.67 Å². The molecule has 3 rings (SSSR count). The summed E-state index contributed by atoms with van der Waals surface area (Å²) in [5, 5.41) is 4.28. The zero-order valence-electron chi connectivity index (χ0n) is 13.2. The molecule has 0 N–H and O–H groups in total. The Hall–Kier alpha value is -2.50. The predicted molar refractivity (Wildman–Crippen MR) is 85.3 cm³/mol. The molecule has 1 atom stereocenters. The summed E-state index contributed by atoms with van der Waals surface area (Å²) >= 11 is 0. The molecule has 0 radical (unpaired) electrons. The summed E-state index contributed by atoms with van der Waals surface area (Å²) in [5.74, 6) is -0.00335. The Kier molecular flexibility index (Phi) is 4.50. The summed E-state index contributed by atoms with van der Waals surface area (Å²) in [5.41, 5.74) is 0.846. The molecular formula is C17H20N4O2. The Bertz CT molecular complexity index is 696. The zero-order chi connectivity index (χ0) is 16.2. The van der Waals surface area contributed by atoms with Gasteiger partial charge in [0.25, 0.3) is 5.91 Å². The highest BCUT2D eigenvalue weighted by Gasteiger charge is 2.33. The molecule has 0 unspecified atom stereocenters. The molecule has 6 heteroatoms. The lowest BCUT2D eigenvalue weighted by Crippen LogP contribution is -2.48. The first kappa shape index (κ1) is 15.4. The van der Waals surface area contributed by atoms with Crippen molar-refractivity contribution in [1.29, 1.82) is 0 Å². The number of para-hydroxylation sites is 1. The standard InChI is InChI=1S/C17H20N4O2/c1-2-15(22)14-10-6-7-11-20(14)17(23)16-18-12-21(19-16)13-8-4-3-5-9-13/h3-5,8-9,12,14H,2,6-7,10-11H2,1H3/t14-/m1/s1. The minimum Gasteiger partial charge on any atom is -0.326 e. The van der Waals surface area contributed by atoms with Crippen LogP contribution in [0.4, 0.5) is 0 Å². The number of Topliss-reactive ketones (excluding diaryl/α,β-unsaturated/α-hetero) is 1. The summed E-state index contributed by atoms with van der Waals surface area (Å²) in [6, 6.07) is 9.18. The highest BCUT2D eigenvalue weighted by molar-refractivity contribution is 5.95. The van der Waals surface area contributed by atoms with Gasteiger partial charge in [-0.05, 0) is 31.4 Å². The van der Waals surface area contributed by atoms with Crippen LogP contribution in [0.3, 0.4) is 0 Å². The number of piperidine rings is 1. The molecule has 1 fully saturated rings. The lowest BCUT2D eigenvalue weighted by molar-refractivity contribution is -0.124. The lowest BCUT2D eigenvalue weighted by atomic mass is 9.97. The molecule has 2 heterocycles. The van der Waals surface area contributed by atoms with Crippen molar-refractivity contribution in [1.82, 2.24) is 19.7 Å². The minimum absolute atomic E-state index is 0.112. The number of ketones is 1. The van der Waals surface area contributed by atoms with Gasteiger partial charge in [-0.15, -0.1) is 5.10 Å². The fraction of sp³-hybridized carbons (Fsp3) is 0.412. The summed E-state index contributed by atoms with van der Waals surface area (Å²) < 4.78 is 1.58. The van der Waals surface area contributed by atoms with Crippen LogP contribution >= 0.6 is 0 Å². The average molecular weight is 312 g/mol. The van der Waals surface area contributed by atoms with Gasteiger partial charge in [0, 0.05) is 13.0 Å². The van der Waals surface area contributed by atoms with Crippen molar-refractivity contribution in [3.05, 3.63) is 42.5 Å². The first-order chi connectivity index (χ1) is 11.2. The van der Waals surface area contributed by atoms with Gasteiger partial charge in [0.05, 0.1) is 11.7 Å². The van der Waals surface area contributed by atoms with Crippen LogP contribution in [-0.4, -0.2) is 43.9 Å². The molecule has 120 valence electrons. The van der Waals surface area contributed by atoms with E-state index in [1.54, 1.807) is 9.58 Å². The van der Waals surface area contributed by atoms with Gasteiger partial charge >= 0.3 is 0 Å². The highest BCUT2D eigenvalue weighted by atomic mass is 16.2. The van der Waals surface area contributed by atoms with E-state index in [1.165, 1.54) is 6.33 Å². The molecule has 1 aliphatic heterocycles. The van der Waals surface area contributed by atoms with Crippen molar-refractivity contribution in [3.63, 3.8) is 0 Å². The third kappa shape index (κ3) is 3.16. The maximum atomic E-state index is 12.7. The normalized spacial score (nSPS) is 18.0. The van der Waals surface area contributed by atoms with E-state index in [1.807, 2.05) is 37.3 Å². The van der Waals surface area contributed by atoms with Gasteiger partial charge in [-0.3, -0.25) is 9.59 Å². The molecule has 1 amide bonds. The second-order valence-corrected chi connectivity index (χ2v) is 5.68. The number of rotatable bonds is 4. The quantitative estimate of drug-likeness (QED) is 0.868. The van der Waals surface area contributed by atoms with Crippen LogP contribution in [-0.2, 0) is 4.79 Å². The Morgan fingerprint density at radius 2 is 2.00 bits per heavy atom. The number of amides is 1. The molecule has 0 saturated carbocycles. The SMILES string of the molecule is CCC(=O)[C@H]1CCCCN1C(=O)c1ncn(-c2ccccc2)n1. The number of carbonyl (C=O) groups excluding carboxylic acids is 2. The number of hydrogen-bond donors (Lipinski definition) is 0. The topological polar surface area (TPSA) is 68.1 Å². The van der Waals surface area contributed by atoms with E-state index in [9.17, 15) is 9.59 Å². The molecule has 0 aliphatic carbocycles. The van der Waals surface area contributed by atoms with Crippen molar-refractivity contribution in [2.24, 2.45) is 0 Å². The van der Waals surface area contributed by atoms with Gasteiger partial charge in [0.2, 0.25) is 5.82 Å². The predicted octanol–water partition coefficient (Wildman–Crippen LogP) is 2.24. The van der Waals surface area contributed by atoms with Crippen LogP contribution in [0.25, 0.3) is 5.69 Å². The van der Waals surface area contributed by atoms with E-state index < -0.39 is 0 Å². The number of nitrogens with zero attached hydrogens (tertiary/aromatic N) is 4. The molecule has 2 aromatic rings. The highest BCUT2D eigenvalue weighted by Crippen LogP contribution is 2.20. The molecule has 6 nitrogen and oxygen atoms in total. The smallest absolute Gasteiger partial charge is 0.294 e. The fourth-order valence-corrected chi connectivity index (χ4v) is 2.94. The van der Waals surface area contributed by atoms with Gasteiger partial charge in [0.15, 0.2) is 5.78 Å². The van der Waals surface area contributed by atoms with Gasteiger partial charge in [0.1, 0.15) is 6.33 Å². The zero-order valence-corrected chi connectivity index (χ0v) is 13.2. The van der Waals surface area contributed by atoms with Gasteiger partial charge in [-0.1, -0.05) is 25.1 Å². The monoisotopic (exact) mass is 312 g/mol. The first-order valence-corrected chi connectivity index (χ1v) is 8.01. The third-order valence-corrected chi connectivity index (χ3v) is 4.19. The van der Waals surface area contributed by atoms with Crippen LogP contribution in [0.5, 0.6) is 0 Å². The van der Waals surface area contributed by atoms with Crippen molar-refractivity contribution in [2.75, 3.05) is 6.54 Å². The second-order valence-electron chi connectivity index (χ2n) is 5.68. The first-order valence-electron chi connectivity index (χ1n) is 8.01. The van der Waals surface area contributed by atoms with Gasteiger partial charge in [-0.2, -0.15) is 0 Å². The summed E-state index contributed by atoms with van der Waals surface area (Å²) in [6.07, 6.45) is 4.60. The van der Waals surface area contributed by atoms with Crippen LogP contribution in [0.15, 0.2) is 36.7 Å². The van der Waals surface area contributed by atoms with E-state index in [-0.39, 0.29) is 23.6 Å². The maximum Gasteiger partial charge on any atom is 0.294 e. The van der Waals surface area contributed by atoms with E-state index in [4.69, 9.17) is 0 Å². The Balaban J connectivity index is 1.82. The molecule has 1 saturated heterocycles. The molecule has 1 aromatic heterocycles. The van der Waals surface area contributed by atoms with Crippen LogP contribution in [0.2, 0.25) is 0 Å². The maximum absolute atomic E-state index is 12.7. The summed E-state index contributed by atoms with van der Waals surface area (Å²) in [4.78, 5) is 30.6. The number of carbonyl (C=O) groups is 2. The van der Waals surface area contributed by atoms with Crippen molar-refractivity contribution in [3.8, 4) is 5.69 Å². The molecular weight excluding hydrogens is 292 g/mol. The van der Waals surface area contributed by atoms with Crippen molar-refractivity contribution in [2.45, 2.75) is 38.6 Å². The van der Waals surface area contributed by atoms with Crippen molar-refractivity contribution < 1.29 is 9.59 Å². The van der Waals surface area contributed by atoms with Crippen LogP contribution in [0, 0.1) is 0 Å². The van der Waals surface area contributed by atoms with E-state index in [2.05, 4.69) is 10.1 Å². The van der Waals surface area contributed by atoms with E-state index >= 15 is 0 Å². The molecule has 0 spiro atoms. The van der Waals surface area contributed by atoms with Crippen LogP contribution < -0.4 is 0 Å². The van der Waals surface area contributed by atoms with Gasteiger partial charge < -0.3 is 4.90 Å². The van der Waals surface area contributed by atoms with E-state index in [0.717, 1.165) is 24.9 Å². The minimum atomic E-state index is -0.329. The number of benzene rings is 1. The largest absolute Gasteiger partial charge is 0.326 e. The van der Waals surface area contributed by atoms with Crippen LogP contribution in [0.1, 0.15) is 43.2 Å². The molecule has 1 aliphatic rings. The number of likely N-dealkylation sites (tertiary alicyclic amines) is 1. The number of aromatic nitrogens is 3. The second kappa shape index (κ2) is 6.73. The molecule has 0 bridgehead atoms. The lowest BCUT2D eigenvalue weighted by Gasteiger charge is -2.33. The molecule has 1 aromatic carbocycles. The summed E-state index contributed by atoms with van der Waals surface area (Å²) in [7, 11) is 0. The van der Waals surface area contributed by atoms with E-state index in [0.29, 0.717) is 13.0 Å². The Labute approximate surface area is 135 Å².